The maximum atomic E-state index is 13.6. The number of rotatable bonds is 6. The summed E-state index contributed by atoms with van der Waals surface area (Å²) >= 11 is 0. The molecule has 2 aliphatic heterocycles. The van der Waals surface area contributed by atoms with Gasteiger partial charge in [0.15, 0.2) is 0 Å². The van der Waals surface area contributed by atoms with Crippen molar-refractivity contribution in [2.24, 2.45) is 5.92 Å². The molecule has 1 aromatic rings. The van der Waals surface area contributed by atoms with E-state index < -0.39 is 11.8 Å². The van der Waals surface area contributed by atoms with Gasteiger partial charge in [-0.25, -0.2) is 18.7 Å². The lowest BCUT2D eigenvalue weighted by atomic mass is 9.96. The zero-order valence-corrected chi connectivity index (χ0v) is 16.9. The SMILES string of the molecule is CN/C=C(\C=N)Nc1nccc(C2=CC3CCC(C2)N3C(=O)C2CCC(F)(F)C2)n1. The van der Waals surface area contributed by atoms with Gasteiger partial charge in [-0.2, -0.15) is 0 Å². The third-order valence-corrected chi connectivity index (χ3v) is 6.10. The zero-order valence-electron chi connectivity index (χ0n) is 16.9. The van der Waals surface area contributed by atoms with E-state index in [1.807, 2.05) is 11.0 Å². The lowest BCUT2D eigenvalue weighted by Crippen LogP contribution is -2.45. The first-order chi connectivity index (χ1) is 14.4. The number of carbonyl (C=O) groups is 1. The first kappa shape index (κ1) is 20.4. The van der Waals surface area contributed by atoms with Gasteiger partial charge in [-0.1, -0.05) is 6.08 Å². The lowest BCUT2D eigenvalue weighted by Gasteiger charge is -2.35. The summed E-state index contributed by atoms with van der Waals surface area (Å²) in [6.45, 7) is 0. The minimum atomic E-state index is -2.71. The van der Waals surface area contributed by atoms with E-state index in [1.165, 1.54) is 6.21 Å². The van der Waals surface area contributed by atoms with Gasteiger partial charge >= 0.3 is 0 Å². The van der Waals surface area contributed by atoms with Gasteiger partial charge in [0.25, 0.3) is 0 Å². The molecule has 1 aromatic heterocycles. The minimum Gasteiger partial charge on any atom is -0.392 e. The number of nitrogens with one attached hydrogen (secondary N) is 3. The maximum absolute atomic E-state index is 13.6. The summed E-state index contributed by atoms with van der Waals surface area (Å²) in [6, 6.07) is 1.80. The average Bonchev–Trinajstić information content (AvgIpc) is 3.22. The van der Waals surface area contributed by atoms with Crippen LogP contribution < -0.4 is 10.6 Å². The van der Waals surface area contributed by atoms with Crippen molar-refractivity contribution in [1.82, 2.24) is 20.2 Å². The fourth-order valence-electron chi connectivity index (χ4n) is 4.73. The molecule has 0 aromatic carbocycles. The largest absolute Gasteiger partial charge is 0.392 e. The normalized spacial score (nSPS) is 27.6. The Morgan fingerprint density at radius 3 is 2.87 bits per heavy atom. The number of anilines is 1. The van der Waals surface area contributed by atoms with Crippen molar-refractivity contribution in [2.75, 3.05) is 12.4 Å². The van der Waals surface area contributed by atoms with Crippen LogP contribution in [0.5, 0.6) is 0 Å². The van der Waals surface area contributed by atoms with E-state index in [2.05, 4.69) is 26.7 Å². The molecule has 1 amide bonds. The number of halogens is 2. The second-order valence-corrected chi connectivity index (χ2v) is 8.16. The molecule has 1 saturated carbocycles. The predicted molar refractivity (Wildman–Crippen MR) is 110 cm³/mol. The standard InChI is InChI=1S/C21H26F2N6O/c1-25-12-15(11-24)27-20-26-7-5-18(28-20)14-8-16-2-3-17(9-14)29(16)19(30)13-4-6-21(22,23)10-13/h5,7-8,11-13,16-17,24-25H,2-4,6,9-10H2,1H3,(H,26,27,28)/b15-12+,24-11?. The number of allylic oxidation sites excluding steroid dienone is 1. The van der Waals surface area contributed by atoms with E-state index in [-0.39, 0.29) is 37.3 Å². The molecule has 2 fully saturated rings. The molecular weight excluding hydrogens is 390 g/mol. The average molecular weight is 416 g/mol. The molecule has 3 atom stereocenters. The molecule has 3 aliphatic rings. The number of carbonyl (C=O) groups excluding carboxylic acids is 1. The van der Waals surface area contributed by atoms with E-state index in [0.717, 1.165) is 24.1 Å². The molecule has 0 radical (unpaired) electrons. The number of hydrogen-bond acceptors (Lipinski definition) is 6. The monoisotopic (exact) mass is 416 g/mol. The van der Waals surface area contributed by atoms with E-state index in [9.17, 15) is 13.6 Å². The van der Waals surface area contributed by atoms with Crippen molar-refractivity contribution in [3.63, 3.8) is 0 Å². The van der Waals surface area contributed by atoms with Gasteiger partial charge in [-0.3, -0.25) is 4.79 Å². The topological polar surface area (TPSA) is 94.0 Å². The molecule has 2 bridgehead atoms. The molecule has 3 unspecified atom stereocenters. The third-order valence-electron chi connectivity index (χ3n) is 6.10. The van der Waals surface area contributed by atoms with Gasteiger partial charge in [0, 0.05) is 50.5 Å². The van der Waals surface area contributed by atoms with Gasteiger partial charge in [-0.15, -0.1) is 0 Å². The Hall–Kier alpha value is -2.84. The first-order valence-electron chi connectivity index (χ1n) is 10.3. The number of fused-ring (bicyclic) bond motifs is 2. The molecule has 1 aliphatic carbocycles. The van der Waals surface area contributed by atoms with E-state index in [4.69, 9.17) is 5.41 Å². The Balaban J connectivity index is 1.51. The molecule has 30 heavy (non-hydrogen) atoms. The molecule has 1 saturated heterocycles. The fourth-order valence-corrected chi connectivity index (χ4v) is 4.73. The molecular formula is C21H26F2N6O. The first-order valence-corrected chi connectivity index (χ1v) is 10.3. The number of amides is 1. The summed E-state index contributed by atoms with van der Waals surface area (Å²) in [5.74, 6) is -3.01. The van der Waals surface area contributed by atoms with Crippen molar-refractivity contribution in [3.05, 3.63) is 35.9 Å². The summed E-state index contributed by atoms with van der Waals surface area (Å²) in [5, 5.41) is 13.3. The minimum absolute atomic E-state index is 0.0319. The zero-order chi connectivity index (χ0) is 21.3. The van der Waals surface area contributed by atoms with Gasteiger partial charge in [0.2, 0.25) is 17.8 Å². The van der Waals surface area contributed by atoms with Crippen LogP contribution >= 0.6 is 0 Å². The number of nitrogens with zero attached hydrogens (tertiary/aromatic N) is 3. The van der Waals surface area contributed by atoms with Gasteiger partial charge < -0.3 is 20.9 Å². The van der Waals surface area contributed by atoms with Crippen molar-refractivity contribution in [1.29, 1.82) is 5.41 Å². The van der Waals surface area contributed by atoms with Crippen molar-refractivity contribution < 1.29 is 13.6 Å². The Morgan fingerprint density at radius 2 is 2.20 bits per heavy atom. The van der Waals surface area contributed by atoms with Gasteiger partial charge in [-0.05, 0) is 37.3 Å². The highest BCUT2D eigenvalue weighted by Gasteiger charge is 2.48. The number of hydrogen-bond donors (Lipinski definition) is 3. The van der Waals surface area contributed by atoms with Crippen molar-refractivity contribution >= 4 is 23.6 Å². The second kappa shape index (κ2) is 8.12. The molecule has 4 rings (SSSR count). The third kappa shape index (κ3) is 4.06. The van der Waals surface area contributed by atoms with E-state index in [1.54, 1.807) is 19.4 Å². The maximum Gasteiger partial charge on any atom is 0.248 e. The Morgan fingerprint density at radius 1 is 1.37 bits per heavy atom. The Kier molecular flexibility index (Phi) is 5.53. The van der Waals surface area contributed by atoms with E-state index in [0.29, 0.717) is 18.1 Å². The van der Waals surface area contributed by atoms with Crippen LogP contribution in [0.15, 0.2) is 30.2 Å². The molecule has 3 N–H and O–H groups in total. The van der Waals surface area contributed by atoms with Crippen LogP contribution in [0.4, 0.5) is 14.7 Å². The number of aromatic nitrogens is 2. The molecule has 160 valence electrons. The van der Waals surface area contributed by atoms with Crippen LogP contribution in [-0.4, -0.2) is 52.0 Å². The summed E-state index contributed by atoms with van der Waals surface area (Å²) in [6.07, 6.45) is 8.66. The summed E-state index contributed by atoms with van der Waals surface area (Å²) in [7, 11) is 1.74. The highest BCUT2D eigenvalue weighted by molar-refractivity contribution is 5.82. The summed E-state index contributed by atoms with van der Waals surface area (Å²) in [5.41, 5.74) is 2.35. The van der Waals surface area contributed by atoms with Crippen LogP contribution in [0.3, 0.4) is 0 Å². The van der Waals surface area contributed by atoms with Crippen LogP contribution in [-0.2, 0) is 4.79 Å². The van der Waals surface area contributed by atoms with Crippen molar-refractivity contribution in [2.45, 2.75) is 56.5 Å². The summed E-state index contributed by atoms with van der Waals surface area (Å²) < 4.78 is 27.2. The van der Waals surface area contributed by atoms with Crippen LogP contribution in [0.2, 0.25) is 0 Å². The van der Waals surface area contributed by atoms with Gasteiger partial charge in [0.1, 0.15) is 0 Å². The van der Waals surface area contributed by atoms with Gasteiger partial charge in [0.05, 0.1) is 17.4 Å². The van der Waals surface area contributed by atoms with E-state index >= 15 is 0 Å². The quantitative estimate of drug-likeness (QED) is 0.620. The second-order valence-electron chi connectivity index (χ2n) is 8.16. The highest BCUT2D eigenvalue weighted by atomic mass is 19.3. The van der Waals surface area contributed by atoms with Crippen LogP contribution in [0.25, 0.3) is 5.57 Å². The highest BCUT2D eigenvalue weighted by Crippen LogP contribution is 2.44. The predicted octanol–water partition coefficient (Wildman–Crippen LogP) is 3.18. The number of alkyl halides is 2. The smallest absolute Gasteiger partial charge is 0.248 e. The van der Waals surface area contributed by atoms with Crippen LogP contribution in [0, 0.1) is 11.3 Å². The fraction of sp³-hybridized carbons (Fsp3) is 0.524. The Bertz CT molecular complexity index is 899. The Labute approximate surface area is 174 Å². The molecule has 9 heteroatoms. The van der Waals surface area contributed by atoms with Crippen LogP contribution in [0.1, 0.15) is 44.2 Å². The lowest BCUT2D eigenvalue weighted by molar-refractivity contribution is -0.138. The molecule has 7 nitrogen and oxygen atoms in total. The molecule has 3 heterocycles. The van der Waals surface area contributed by atoms with Crippen molar-refractivity contribution in [3.8, 4) is 0 Å². The molecule has 0 spiro atoms. The summed E-state index contributed by atoms with van der Waals surface area (Å²) in [4.78, 5) is 23.6.